The number of tetrazole rings is 1. The maximum atomic E-state index is 12.3. The molecule has 2 N–H and O–H groups in total. The van der Waals surface area contributed by atoms with Crippen molar-refractivity contribution in [2.24, 2.45) is 5.92 Å². The molecule has 0 aliphatic carbocycles. The fourth-order valence-electron chi connectivity index (χ4n) is 2.79. The zero-order valence-corrected chi connectivity index (χ0v) is 15.4. The first-order chi connectivity index (χ1) is 12.9. The number of halogens is 1. The van der Waals surface area contributed by atoms with E-state index in [1.54, 1.807) is 24.0 Å². The summed E-state index contributed by atoms with van der Waals surface area (Å²) in [6.45, 7) is 3.59. The second kappa shape index (κ2) is 8.17. The van der Waals surface area contributed by atoms with Crippen molar-refractivity contribution in [2.45, 2.75) is 13.5 Å². The number of rotatable bonds is 6. The molecule has 1 aromatic heterocycles. The van der Waals surface area contributed by atoms with Crippen molar-refractivity contribution < 1.29 is 14.7 Å². The Kier molecular flexibility index (Phi) is 5.70. The Morgan fingerprint density at radius 3 is 2.85 bits per heavy atom. The van der Waals surface area contributed by atoms with E-state index in [0.29, 0.717) is 37.0 Å². The van der Waals surface area contributed by atoms with E-state index in [0.717, 1.165) is 11.1 Å². The van der Waals surface area contributed by atoms with Crippen molar-refractivity contribution in [2.75, 3.05) is 19.6 Å². The third-order valence-corrected chi connectivity index (χ3v) is 4.42. The molecule has 0 bridgehead atoms. The van der Waals surface area contributed by atoms with E-state index in [-0.39, 0.29) is 11.8 Å². The zero-order chi connectivity index (χ0) is 19.4. The SMILES string of the molecule is Cc1nnn(Cc2cc(Cl)ccc2C=CC(=O)N2CC(CNC(=O)O)C2)n1. The largest absolute Gasteiger partial charge is 0.465 e. The smallest absolute Gasteiger partial charge is 0.404 e. The average molecular weight is 391 g/mol. The highest BCUT2D eigenvalue weighted by atomic mass is 35.5. The Bertz CT molecular complexity index is 875. The number of benzene rings is 1. The number of nitrogens with one attached hydrogen (secondary N) is 1. The van der Waals surface area contributed by atoms with Gasteiger partial charge in [0.1, 0.15) is 0 Å². The van der Waals surface area contributed by atoms with Gasteiger partial charge in [-0.1, -0.05) is 17.7 Å². The van der Waals surface area contributed by atoms with Crippen LogP contribution in [0.1, 0.15) is 17.0 Å². The fourth-order valence-corrected chi connectivity index (χ4v) is 2.99. The van der Waals surface area contributed by atoms with E-state index in [1.165, 1.54) is 10.9 Å². The highest BCUT2D eigenvalue weighted by molar-refractivity contribution is 6.30. The summed E-state index contributed by atoms with van der Waals surface area (Å²) >= 11 is 6.09. The number of hydrogen-bond donors (Lipinski definition) is 2. The second-order valence-electron chi connectivity index (χ2n) is 6.34. The number of carboxylic acid groups (broad SMARTS) is 1. The summed E-state index contributed by atoms with van der Waals surface area (Å²) in [5.74, 6) is 0.623. The molecule has 2 heterocycles. The van der Waals surface area contributed by atoms with Crippen LogP contribution in [0.5, 0.6) is 0 Å². The van der Waals surface area contributed by atoms with Gasteiger partial charge in [-0.15, -0.1) is 10.2 Å². The first kappa shape index (κ1) is 18.8. The number of carbonyl (C=O) groups excluding carboxylic acids is 1. The predicted octanol–water partition coefficient (Wildman–Crippen LogP) is 1.42. The van der Waals surface area contributed by atoms with Crippen LogP contribution in [-0.4, -0.2) is 61.8 Å². The lowest BCUT2D eigenvalue weighted by Gasteiger charge is -2.38. The number of likely N-dealkylation sites (tertiary alicyclic amines) is 1. The van der Waals surface area contributed by atoms with E-state index >= 15 is 0 Å². The maximum absolute atomic E-state index is 12.3. The number of aryl methyl sites for hydroxylation is 1. The van der Waals surface area contributed by atoms with Gasteiger partial charge in [-0.3, -0.25) is 4.79 Å². The molecule has 10 heteroatoms. The molecular formula is C17H19ClN6O3. The molecule has 2 amide bonds. The molecule has 0 atom stereocenters. The topological polar surface area (TPSA) is 113 Å². The number of aromatic nitrogens is 4. The zero-order valence-electron chi connectivity index (χ0n) is 14.7. The first-order valence-corrected chi connectivity index (χ1v) is 8.75. The highest BCUT2D eigenvalue weighted by Gasteiger charge is 2.29. The second-order valence-corrected chi connectivity index (χ2v) is 6.78. The van der Waals surface area contributed by atoms with Crippen LogP contribution in [0.3, 0.4) is 0 Å². The molecule has 3 rings (SSSR count). The fraction of sp³-hybridized carbons (Fsp3) is 0.353. The van der Waals surface area contributed by atoms with Gasteiger partial charge in [0.15, 0.2) is 5.82 Å². The molecular weight excluding hydrogens is 372 g/mol. The van der Waals surface area contributed by atoms with E-state index in [9.17, 15) is 9.59 Å². The summed E-state index contributed by atoms with van der Waals surface area (Å²) in [5.41, 5.74) is 1.71. The minimum Gasteiger partial charge on any atom is -0.465 e. The molecule has 0 spiro atoms. The monoisotopic (exact) mass is 390 g/mol. The summed E-state index contributed by atoms with van der Waals surface area (Å²) in [6, 6.07) is 5.40. The highest BCUT2D eigenvalue weighted by Crippen LogP contribution is 2.20. The van der Waals surface area contributed by atoms with Crippen molar-refractivity contribution in [3.8, 4) is 0 Å². The van der Waals surface area contributed by atoms with E-state index in [1.807, 2.05) is 12.1 Å². The number of carbonyl (C=O) groups is 2. The van der Waals surface area contributed by atoms with E-state index < -0.39 is 6.09 Å². The van der Waals surface area contributed by atoms with Gasteiger partial charge in [0.25, 0.3) is 0 Å². The lowest BCUT2D eigenvalue weighted by atomic mass is 10.00. The van der Waals surface area contributed by atoms with Crippen LogP contribution >= 0.6 is 11.6 Å². The molecule has 1 saturated heterocycles. The molecule has 0 radical (unpaired) electrons. The van der Waals surface area contributed by atoms with Gasteiger partial charge in [-0.25, -0.2) is 4.79 Å². The summed E-state index contributed by atoms with van der Waals surface area (Å²) < 4.78 is 0. The van der Waals surface area contributed by atoms with Crippen molar-refractivity contribution in [1.82, 2.24) is 30.4 Å². The molecule has 1 aromatic carbocycles. The van der Waals surface area contributed by atoms with Crippen molar-refractivity contribution in [3.63, 3.8) is 0 Å². The van der Waals surface area contributed by atoms with Gasteiger partial charge in [0.2, 0.25) is 5.91 Å². The predicted molar refractivity (Wildman–Crippen MR) is 98.2 cm³/mol. The summed E-state index contributed by atoms with van der Waals surface area (Å²) in [6.07, 6.45) is 2.20. The summed E-state index contributed by atoms with van der Waals surface area (Å²) in [7, 11) is 0. The quantitative estimate of drug-likeness (QED) is 0.721. The Labute approximate surface area is 160 Å². The summed E-state index contributed by atoms with van der Waals surface area (Å²) in [5, 5.41) is 23.5. The molecule has 27 heavy (non-hydrogen) atoms. The van der Waals surface area contributed by atoms with Gasteiger partial charge in [0, 0.05) is 36.7 Å². The van der Waals surface area contributed by atoms with Gasteiger partial charge < -0.3 is 15.3 Å². The lowest BCUT2D eigenvalue weighted by molar-refractivity contribution is -0.131. The number of amides is 2. The molecule has 1 fully saturated rings. The van der Waals surface area contributed by atoms with Crippen LogP contribution in [0.25, 0.3) is 6.08 Å². The van der Waals surface area contributed by atoms with Crippen molar-refractivity contribution in [1.29, 1.82) is 0 Å². The number of hydrogen-bond acceptors (Lipinski definition) is 5. The van der Waals surface area contributed by atoms with Crippen molar-refractivity contribution in [3.05, 3.63) is 46.2 Å². The van der Waals surface area contributed by atoms with Crippen LogP contribution in [-0.2, 0) is 11.3 Å². The van der Waals surface area contributed by atoms with Crippen LogP contribution in [0.2, 0.25) is 5.02 Å². The van der Waals surface area contributed by atoms with Crippen molar-refractivity contribution >= 4 is 29.7 Å². The van der Waals surface area contributed by atoms with Crippen LogP contribution < -0.4 is 5.32 Å². The molecule has 2 aromatic rings. The Morgan fingerprint density at radius 2 is 2.19 bits per heavy atom. The average Bonchev–Trinajstić information content (AvgIpc) is 2.97. The minimum absolute atomic E-state index is 0.114. The molecule has 0 unspecified atom stereocenters. The Hall–Kier alpha value is -2.94. The Balaban J connectivity index is 1.61. The maximum Gasteiger partial charge on any atom is 0.404 e. The first-order valence-electron chi connectivity index (χ1n) is 8.37. The normalized spacial score (nSPS) is 14.4. The molecule has 1 aliphatic heterocycles. The standard InChI is InChI=1S/C17H19ClN6O3/c1-11-20-22-24(21-11)10-14-6-15(18)4-2-13(14)3-5-16(25)23-8-12(9-23)7-19-17(26)27/h2-6,12,19H,7-10H2,1H3,(H,26,27). The van der Waals surface area contributed by atoms with E-state index in [4.69, 9.17) is 16.7 Å². The molecule has 0 saturated carbocycles. The minimum atomic E-state index is -1.05. The lowest BCUT2D eigenvalue weighted by Crippen LogP contribution is -2.53. The third kappa shape index (κ3) is 5.04. The van der Waals surface area contributed by atoms with Gasteiger partial charge >= 0.3 is 6.09 Å². The Morgan fingerprint density at radius 1 is 1.41 bits per heavy atom. The number of nitrogens with zero attached hydrogens (tertiary/aromatic N) is 5. The third-order valence-electron chi connectivity index (χ3n) is 4.19. The molecule has 9 nitrogen and oxygen atoms in total. The van der Waals surface area contributed by atoms with Crippen LogP contribution in [0.4, 0.5) is 4.79 Å². The van der Waals surface area contributed by atoms with E-state index in [2.05, 4.69) is 20.7 Å². The van der Waals surface area contributed by atoms with Crippen LogP contribution in [0.15, 0.2) is 24.3 Å². The molecule has 142 valence electrons. The summed E-state index contributed by atoms with van der Waals surface area (Å²) in [4.78, 5) is 25.9. The van der Waals surface area contributed by atoms with Crippen LogP contribution in [0, 0.1) is 12.8 Å². The van der Waals surface area contributed by atoms with Gasteiger partial charge in [0.05, 0.1) is 6.54 Å². The molecule has 1 aliphatic rings. The van der Waals surface area contributed by atoms with Gasteiger partial charge in [-0.2, -0.15) is 4.80 Å². The van der Waals surface area contributed by atoms with Gasteiger partial charge in [-0.05, 0) is 41.5 Å².